The molecule has 1 N–H and O–H groups in total. The van der Waals surface area contributed by atoms with Gasteiger partial charge in [0, 0.05) is 17.0 Å². The summed E-state index contributed by atoms with van der Waals surface area (Å²) in [6.45, 7) is 4.52. The van der Waals surface area contributed by atoms with Crippen molar-refractivity contribution < 1.29 is 0 Å². The molecule has 1 aliphatic rings. The number of fused-ring (bicyclic) bond motifs is 1. The van der Waals surface area contributed by atoms with E-state index in [2.05, 4.69) is 30.6 Å². The highest BCUT2D eigenvalue weighted by Crippen LogP contribution is 2.33. The third kappa shape index (κ3) is 2.01. The zero-order chi connectivity index (χ0) is 9.97. The summed E-state index contributed by atoms with van der Waals surface area (Å²) in [5.41, 5.74) is 1.57. The first-order valence-electron chi connectivity index (χ1n) is 5.63. The third-order valence-electron chi connectivity index (χ3n) is 3.15. The first-order chi connectivity index (χ1) is 6.81. The number of rotatable bonds is 3. The zero-order valence-electron chi connectivity index (χ0n) is 9.05. The van der Waals surface area contributed by atoms with E-state index in [9.17, 15) is 0 Å². The van der Waals surface area contributed by atoms with E-state index >= 15 is 0 Å². The van der Waals surface area contributed by atoms with E-state index in [0.29, 0.717) is 12.1 Å². The maximum Gasteiger partial charge on any atom is 0.0333 e. The van der Waals surface area contributed by atoms with Gasteiger partial charge in [-0.1, -0.05) is 6.92 Å². The maximum absolute atomic E-state index is 3.72. The number of aryl methyl sites for hydroxylation is 1. The molecule has 0 radical (unpaired) electrons. The van der Waals surface area contributed by atoms with Crippen LogP contribution in [0.4, 0.5) is 0 Å². The topological polar surface area (TPSA) is 12.0 Å². The fourth-order valence-corrected chi connectivity index (χ4v) is 3.11. The first kappa shape index (κ1) is 10.2. The summed E-state index contributed by atoms with van der Waals surface area (Å²) in [5.74, 6) is 0. The second kappa shape index (κ2) is 4.45. The molecule has 2 heteroatoms. The SMILES string of the molecule is CCC(C)NC1CCCc2sccc21. The third-order valence-corrected chi connectivity index (χ3v) is 4.15. The molecule has 0 bridgehead atoms. The fourth-order valence-electron chi connectivity index (χ4n) is 2.12. The van der Waals surface area contributed by atoms with Gasteiger partial charge in [-0.2, -0.15) is 0 Å². The minimum Gasteiger partial charge on any atom is -0.307 e. The van der Waals surface area contributed by atoms with Gasteiger partial charge in [-0.25, -0.2) is 0 Å². The van der Waals surface area contributed by atoms with Crippen LogP contribution < -0.4 is 5.32 Å². The van der Waals surface area contributed by atoms with Crippen molar-refractivity contribution >= 4 is 11.3 Å². The lowest BCUT2D eigenvalue weighted by atomic mass is 9.93. The zero-order valence-corrected chi connectivity index (χ0v) is 9.86. The van der Waals surface area contributed by atoms with Gasteiger partial charge in [-0.15, -0.1) is 11.3 Å². The Kier molecular flexibility index (Phi) is 3.24. The van der Waals surface area contributed by atoms with Crippen LogP contribution in [0.15, 0.2) is 11.4 Å². The Morgan fingerprint density at radius 1 is 1.64 bits per heavy atom. The smallest absolute Gasteiger partial charge is 0.0333 e. The van der Waals surface area contributed by atoms with Crippen LogP contribution in [0.5, 0.6) is 0 Å². The predicted octanol–water partition coefficient (Wildman–Crippen LogP) is 3.51. The van der Waals surface area contributed by atoms with Gasteiger partial charge in [0.05, 0.1) is 0 Å². The molecule has 0 amide bonds. The van der Waals surface area contributed by atoms with Crippen molar-refractivity contribution in [3.8, 4) is 0 Å². The van der Waals surface area contributed by atoms with E-state index in [1.165, 1.54) is 25.7 Å². The molecule has 1 heterocycles. The molecule has 0 aliphatic heterocycles. The first-order valence-corrected chi connectivity index (χ1v) is 6.51. The Labute approximate surface area is 90.5 Å². The van der Waals surface area contributed by atoms with E-state index in [-0.39, 0.29) is 0 Å². The lowest BCUT2D eigenvalue weighted by Crippen LogP contribution is -2.31. The number of hydrogen-bond donors (Lipinski definition) is 1. The van der Waals surface area contributed by atoms with E-state index in [1.54, 1.807) is 10.4 Å². The van der Waals surface area contributed by atoms with Crippen LogP contribution >= 0.6 is 11.3 Å². The van der Waals surface area contributed by atoms with Gasteiger partial charge < -0.3 is 5.32 Å². The van der Waals surface area contributed by atoms with Gasteiger partial charge >= 0.3 is 0 Å². The summed E-state index contributed by atoms with van der Waals surface area (Å²) < 4.78 is 0. The summed E-state index contributed by atoms with van der Waals surface area (Å²) in [6, 6.07) is 3.57. The van der Waals surface area contributed by atoms with Crippen molar-refractivity contribution in [2.45, 2.75) is 51.6 Å². The Balaban J connectivity index is 2.08. The molecule has 14 heavy (non-hydrogen) atoms. The number of nitrogens with one attached hydrogen (secondary N) is 1. The molecular formula is C12H19NS. The molecule has 2 unspecified atom stereocenters. The Bertz CT molecular complexity index is 292. The molecule has 0 aromatic carbocycles. The molecular weight excluding hydrogens is 190 g/mol. The van der Waals surface area contributed by atoms with Crippen LogP contribution in [0.2, 0.25) is 0 Å². The average molecular weight is 209 g/mol. The summed E-state index contributed by atoms with van der Waals surface area (Å²) in [6.07, 6.45) is 5.18. The molecule has 0 saturated carbocycles. The van der Waals surface area contributed by atoms with Crippen molar-refractivity contribution in [3.05, 3.63) is 21.9 Å². The molecule has 1 nitrogen and oxygen atoms in total. The van der Waals surface area contributed by atoms with E-state index in [0.717, 1.165) is 0 Å². The fraction of sp³-hybridized carbons (Fsp3) is 0.667. The summed E-state index contributed by atoms with van der Waals surface area (Å²) in [7, 11) is 0. The van der Waals surface area contributed by atoms with Gasteiger partial charge in [0.25, 0.3) is 0 Å². The van der Waals surface area contributed by atoms with Crippen LogP contribution in [-0.2, 0) is 6.42 Å². The van der Waals surface area contributed by atoms with Crippen LogP contribution in [0, 0.1) is 0 Å². The van der Waals surface area contributed by atoms with Gasteiger partial charge in [0.1, 0.15) is 0 Å². The van der Waals surface area contributed by atoms with Gasteiger partial charge in [-0.3, -0.25) is 0 Å². The summed E-state index contributed by atoms with van der Waals surface area (Å²) in [5, 5.41) is 5.95. The van der Waals surface area contributed by atoms with E-state index in [1.807, 2.05) is 11.3 Å². The van der Waals surface area contributed by atoms with Crippen molar-refractivity contribution in [1.82, 2.24) is 5.32 Å². The molecule has 2 atom stereocenters. The molecule has 78 valence electrons. The van der Waals surface area contributed by atoms with Crippen LogP contribution in [-0.4, -0.2) is 6.04 Å². The van der Waals surface area contributed by atoms with Crippen molar-refractivity contribution in [2.75, 3.05) is 0 Å². The number of hydrogen-bond acceptors (Lipinski definition) is 2. The Morgan fingerprint density at radius 3 is 3.29 bits per heavy atom. The minimum atomic E-state index is 0.625. The molecule has 0 fully saturated rings. The highest BCUT2D eigenvalue weighted by atomic mass is 32.1. The highest BCUT2D eigenvalue weighted by molar-refractivity contribution is 7.10. The van der Waals surface area contributed by atoms with Gasteiger partial charge in [0.15, 0.2) is 0 Å². The van der Waals surface area contributed by atoms with Gasteiger partial charge in [0.2, 0.25) is 0 Å². The molecule has 0 saturated heterocycles. The number of thiophene rings is 1. The Hall–Kier alpha value is -0.340. The summed E-state index contributed by atoms with van der Waals surface area (Å²) >= 11 is 1.92. The van der Waals surface area contributed by atoms with E-state index in [4.69, 9.17) is 0 Å². The lowest BCUT2D eigenvalue weighted by Gasteiger charge is -2.26. The average Bonchev–Trinajstić information content (AvgIpc) is 2.66. The monoisotopic (exact) mass is 209 g/mol. The van der Waals surface area contributed by atoms with Crippen LogP contribution in [0.1, 0.15) is 49.6 Å². The predicted molar refractivity (Wildman–Crippen MR) is 62.9 cm³/mol. The van der Waals surface area contributed by atoms with Crippen molar-refractivity contribution in [1.29, 1.82) is 0 Å². The van der Waals surface area contributed by atoms with Gasteiger partial charge in [-0.05, 0) is 49.6 Å². The van der Waals surface area contributed by atoms with Crippen LogP contribution in [0.25, 0.3) is 0 Å². The quantitative estimate of drug-likeness (QED) is 0.803. The minimum absolute atomic E-state index is 0.625. The Morgan fingerprint density at radius 2 is 2.50 bits per heavy atom. The standard InChI is InChI=1S/C12H19NS/c1-3-9(2)13-11-5-4-6-12-10(11)7-8-14-12/h7-9,11,13H,3-6H2,1-2H3. The second-order valence-corrected chi connectivity index (χ2v) is 5.22. The molecule has 2 rings (SSSR count). The van der Waals surface area contributed by atoms with E-state index < -0.39 is 0 Å². The summed E-state index contributed by atoms with van der Waals surface area (Å²) in [4.78, 5) is 1.61. The molecule has 1 aromatic rings. The lowest BCUT2D eigenvalue weighted by molar-refractivity contribution is 0.405. The highest BCUT2D eigenvalue weighted by Gasteiger charge is 2.21. The second-order valence-electron chi connectivity index (χ2n) is 4.22. The molecule has 1 aromatic heterocycles. The largest absolute Gasteiger partial charge is 0.307 e. The normalized spacial score (nSPS) is 23.1. The van der Waals surface area contributed by atoms with Crippen LogP contribution in [0.3, 0.4) is 0 Å². The van der Waals surface area contributed by atoms with Crippen molar-refractivity contribution in [2.24, 2.45) is 0 Å². The molecule has 0 spiro atoms. The maximum atomic E-state index is 3.72. The molecule has 1 aliphatic carbocycles. The van der Waals surface area contributed by atoms with Crippen molar-refractivity contribution in [3.63, 3.8) is 0 Å².